The van der Waals surface area contributed by atoms with Crippen molar-refractivity contribution in [2.24, 2.45) is 0 Å². The molecule has 2 N–H and O–H groups in total. The lowest BCUT2D eigenvalue weighted by atomic mass is 9.97. The second-order valence-electron chi connectivity index (χ2n) is 7.44. The molecule has 0 saturated carbocycles. The molecule has 154 valence electrons. The van der Waals surface area contributed by atoms with Crippen LogP contribution >= 0.6 is 11.6 Å². The standard InChI is InChI=1S/C24H23ClN2O3/c25-19-9-6-17(7-10-19)14-22-24(29)27-20-15-18(8-11-21(20)30-22)23(28)26-13-12-16-4-2-1-3-5-16/h4,6-11,14-15H,1-3,5,12-13H2,(H,26,28)(H,27,29)/b22-14-. The zero-order valence-corrected chi connectivity index (χ0v) is 17.3. The fraction of sp³-hybridized carbons (Fsp3) is 0.250. The van der Waals surface area contributed by atoms with Crippen molar-refractivity contribution in [1.29, 1.82) is 0 Å². The number of allylic oxidation sites excluding steroid dienone is 1. The Bertz CT molecular complexity index is 1030. The lowest BCUT2D eigenvalue weighted by Crippen LogP contribution is -2.26. The monoisotopic (exact) mass is 422 g/mol. The number of halogens is 1. The highest BCUT2D eigenvalue weighted by Gasteiger charge is 2.23. The number of hydrogen-bond acceptors (Lipinski definition) is 3. The molecule has 4 rings (SSSR count). The first-order valence-electron chi connectivity index (χ1n) is 10.1. The van der Waals surface area contributed by atoms with Gasteiger partial charge >= 0.3 is 0 Å². The van der Waals surface area contributed by atoms with E-state index >= 15 is 0 Å². The summed E-state index contributed by atoms with van der Waals surface area (Å²) in [6, 6.07) is 12.1. The summed E-state index contributed by atoms with van der Waals surface area (Å²) in [7, 11) is 0. The molecule has 0 radical (unpaired) electrons. The third-order valence-corrected chi connectivity index (χ3v) is 5.47. The number of ether oxygens (including phenoxy) is 1. The van der Waals surface area contributed by atoms with Crippen LogP contribution in [-0.2, 0) is 4.79 Å². The highest BCUT2D eigenvalue weighted by Crippen LogP contribution is 2.32. The second-order valence-corrected chi connectivity index (χ2v) is 7.88. The fourth-order valence-corrected chi connectivity index (χ4v) is 3.71. The summed E-state index contributed by atoms with van der Waals surface area (Å²) < 4.78 is 5.75. The van der Waals surface area contributed by atoms with E-state index in [1.807, 2.05) is 0 Å². The molecule has 1 aliphatic carbocycles. The molecule has 2 aromatic rings. The summed E-state index contributed by atoms with van der Waals surface area (Å²) in [5.74, 6) is 0.159. The number of amides is 2. The van der Waals surface area contributed by atoms with Crippen LogP contribution in [0.5, 0.6) is 5.75 Å². The molecule has 0 unspecified atom stereocenters. The van der Waals surface area contributed by atoms with Crippen LogP contribution < -0.4 is 15.4 Å². The van der Waals surface area contributed by atoms with Gasteiger partial charge in [-0.3, -0.25) is 9.59 Å². The van der Waals surface area contributed by atoms with E-state index in [-0.39, 0.29) is 17.6 Å². The van der Waals surface area contributed by atoms with Gasteiger partial charge in [-0.15, -0.1) is 0 Å². The highest BCUT2D eigenvalue weighted by molar-refractivity contribution is 6.30. The number of rotatable bonds is 5. The Labute approximate surface area is 180 Å². The minimum atomic E-state index is -0.362. The first-order valence-corrected chi connectivity index (χ1v) is 10.5. The molecule has 5 nitrogen and oxygen atoms in total. The number of fused-ring (bicyclic) bond motifs is 1. The maximum atomic E-state index is 12.5. The number of nitrogens with one attached hydrogen (secondary N) is 2. The number of carbonyl (C=O) groups is 2. The maximum absolute atomic E-state index is 12.5. The highest BCUT2D eigenvalue weighted by atomic mass is 35.5. The molecule has 30 heavy (non-hydrogen) atoms. The van der Waals surface area contributed by atoms with Gasteiger partial charge in [0.25, 0.3) is 11.8 Å². The van der Waals surface area contributed by atoms with Crippen LogP contribution in [0.4, 0.5) is 5.69 Å². The molecule has 0 spiro atoms. The van der Waals surface area contributed by atoms with Gasteiger partial charge in [-0.1, -0.05) is 35.4 Å². The van der Waals surface area contributed by atoms with Crippen molar-refractivity contribution in [2.75, 3.05) is 11.9 Å². The summed E-state index contributed by atoms with van der Waals surface area (Å²) >= 11 is 5.89. The largest absolute Gasteiger partial charge is 0.449 e. The topological polar surface area (TPSA) is 67.4 Å². The van der Waals surface area contributed by atoms with Crippen molar-refractivity contribution in [3.8, 4) is 5.75 Å². The van der Waals surface area contributed by atoms with Crippen LogP contribution in [0.3, 0.4) is 0 Å². The first kappa shape index (κ1) is 20.2. The molecular weight excluding hydrogens is 400 g/mol. The molecular formula is C24H23ClN2O3. The average molecular weight is 423 g/mol. The van der Waals surface area contributed by atoms with Crippen LogP contribution in [0.2, 0.25) is 5.02 Å². The van der Waals surface area contributed by atoms with Gasteiger partial charge in [-0.2, -0.15) is 0 Å². The van der Waals surface area contributed by atoms with E-state index in [4.69, 9.17) is 16.3 Å². The Morgan fingerprint density at radius 2 is 2.00 bits per heavy atom. The first-order chi connectivity index (χ1) is 14.6. The van der Waals surface area contributed by atoms with Crippen molar-refractivity contribution in [3.63, 3.8) is 0 Å². The van der Waals surface area contributed by atoms with Gasteiger partial charge in [0.2, 0.25) is 0 Å². The summed E-state index contributed by atoms with van der Waals surface area (Å²) in [6.07, 6.45) is 9.58. The van der Waals surface area contributed by atoms with Gasteiger partial charge < -0.3 is 15.4 Å². The minimum Gasteiger partial charge on any atom is -0.449 e. The van der Waals surface area contributed by atoms with Gasteiger partial charge in [0.05, 0.1) is 5.69 Å². The molecule has 0 aromatic heterocycles. The molecule has 1 aliphatic heterocycles. The van der Waals surface area contributed by atoms with Gasteiger partial charge in [0.15, 0.2) is 11.5 Å². The molecule has 6 heteroatoms. The van der Waals surface area contributed by atoms with Crippen molar-refractivity contribution in [3.05, 3.63) is 76.0 Å². The molecule has 2 aromatic carbocycles. The Hall–Kier alpha value is -3.05. The Balaban J connectivity index is 1.41. The van der Waals surface area contributed by atoms with Crippen LogP contribution in [0.1, 0.15) is 48.0 Å². The predicted octanol–water partition coefficient (Wildman–Crippen LogP) is 5.33. The normalized spacial score (nSPS) is 16.9. The van der Waals surface area contributed by atoms with E-state index in [2.05, 4.69) is 16.7 Å². The predicted molar refractivity (Wildman–Crippen MR) is 119 cm³/mol. The smallest absolute Gasteiger partial charge is 0.291 e. The Morgan fingerprint density at radius 1 is 1.17 bits per heavy atom. The maximum Gasteiger partial charge on any atom is 0.291 e. The summed E-state index contributed by atoms with van der Waals surface area (Å²) in [4.78, 5) is 24.9. The molecule has 0 fully saturated rings. The Kier molecular flexibility index (Phi) is 6.19. The van der Waals surface area contributed by atoms with Crippen molar-refractivity contribution >= 4 is 35.2 Å². The lowest BCUT2D eigenvalue weighted by Gasteiger charge is -2.20. The minimum absolute atomic E-state index is 0.161. The zero-order valence-electron chi connectivity index (χ0n) is 16.5. The average Bonchev–Trinajstić information content (AvgIpc) is 2.76. The molecule has 2 amide bonds. The summed E-state index contributed by atoms with van der Waals surface area (Å²) in [5.41, 5.74) is 3.20. The molecule has 1 heterocycles. The van der Waals surface area contributed by atoms with E-state index in [0.717, 1.165) is 24.8 Å². The quantitative estimate of drug-likeness (QED) is 0.505. The van der Waals surface area contributed by atoms with Crippen LogP contribution in [0, 0.1) is 0 Å². The SMILES string of the molecule is O=C1Nc2cc(C(=O)NCCC3=CCCCC3)ccc2O/C1=C\c1ccc(Cl)cc1. The summed E-state index contributed by atoms with van der Waals surface area (Å²) in [5, 5.41) is 6.38. The molecule has 0 atom stereocenters. The Morgan fingerprint density at radius 3 is 2.77 bits per heavy atom. The number of carbonyl (C=O) groups excluding carboxylic acids is 2. The van der Waals surface area contributed by atoms with Crippen LogP contribution in [0.25, 0.3) is 6.08 Å². The summed E-state index contributed by atoms with van der Waals surface area (Å²) in [6.45, 7) is 0.610. The number of hydrogen-bond donors (Lipinski definition) is 2. The number of anilines is 1. The third-order valence-electron chi connectivity index (χ3n) is 5.22. The van der Waals surface area contributed by atoms with E-state index in [1.54, 1.807) is 48.5 Å². The van der Waals surface area contributed by atoms with Crippen molar-refractivity contribution in [2.45, 2.75) is 32.1 Å². The molecule has 2 aliphatic rings. The van der Waals surface area contributed by atoms with Crippen LogP contribution in [0.15, 0.2) is 59.9 Å². The van der Waals surface area contributed by atoms with E-state index in [1.165, 1.54) is 18.4 Å². The van der Waals surface area contributed by atoms with Gasteiger partial charge in [-0.25, -0.2) is 0 Å². The van der Waals surface area contributed by atoms with E-state index < -0.39 is 0 Å². The van der Waals surface area contributed by atoms with Gasteiger partial charge in [0.1, 0.15) is 0 Å². The molecule has 0 saturated heterocycles. The molecule has 0 bridgehead atoms. The zero-order chi connectivity index (χ0) is 20.9. The number of benzene rings is 2. The lowest BCUT2D eigenvalue weighted by molar-refractivity contribution is -0.115. The van der Waals surface area contributed by atoms with E-state index in [0.29, 0.717) is 28.6 Å². The van der Waals surface area contributed by atoms with Gasteiger partial charge in [0, 0.05) is 17.1 Å². The fourth-order valence-electron chi connectivity index (χ4n) is 3.58. The van der Waals surface area contributed by atoms with Gasteiger partial charge in [-0.05, 0) is 74.1 Å². The van der Waals surface area contributed by atoms with Crippen molar-refractivity contribution in [1.82, 2.24) is 5.32 Å². The second kappa shape index (κ2) is 9.18. The van der Waals surface area contributed by atoms with Crippen LogP contribution in [-0.4, -0.2) is 18.4 Å². The third kappa shape index (κ3) is 4.92. The van der Waals surface area contributed by atoms with Crippen molar-refractivity contribution < 1.29 is 14.3 Å². The van der Waals surface area contributed by atoms with E-state index in [9.17, 15) is 9.59 Å².